The molecule has 3 rings (SSSR count). The summed E-state index contributed by atoms with van der Waals surface area (Å²) in [6, 6.07) is 3.72. The van der Waals surface area contributed by atoms with Crippen LogP contribution in [0.5, 0.6) is 0 Å². The number of amides is 1. The number of rotatable bonds is 3. The Bertz CT molecular complexity index is 598. The number of aromatic nitrogens is 1. The van der Waals surface area contributed by atoms with E-state index in [-0.39, 0.29) is 5.91 Å². The van der Waals surface area contributed by atoms with Gasteiger partial charge in [0, 0.05) is 16.8 Å². The van der Waals surface area contributed by atoms with Crippen molar-refractivity contribution in [3.05, 3.63) is 39.3 Å². The molecule has 2 heterocycles. The maximum absolute atomic E-state index is 11.3. The number of thiazole rings is 1. The largest absolute Gasteiger partial charge is 0.379 e. The molecular formula is C12H10ClN3OS. The number of nitrogens with zero attached hydrogens (tertiary/aromatic N) is 1. The summed E-state index contributed by atoms with van der Waals surface area (Å²) in [5.41, 5.74) is 4.44. The first-order valence-corrected chi connectivity index (χ1v) is 6.71. The fourth-order valence-electron chi connectivity index (χ4n) is 1.90. The zero-order valence-electron chi connectivity index (χ0n) is 9.37. The van der Waals surface area contributed by atoms with E-state index in [1.807, 2.05) is 12.3 Å². The number of carbonyl (C=O) groups is 1. The summed E-state index contributed by atoms with van der Waals surface area (Å²) < 4.78 is 0. The summed E-state index contributed by atoms with van der Waals surface area (Å²) in [7, 11) is 0. The molecule has 0 aliphatic carbocycles. The van der Waals surface area contributed by atoms with Gasteiger partial charge in [0.25, 0.3) is 0 Å². The molecule has 1 aliphatic heterocycles. The average Bonchev–Trinajstić information content (AvgIpc) is 2.94. The second kappa shape index (κ2) is 4.59. The molecule has 0 radical (unpaired) electrons. The molecule has 0 unspecified atom stereocenters. The van der Waals surface area contributed by atoms with Gasteiger partial charge in [-0.05, 0) is 17.7 Å². The molecule has 0 saturated heterocycles. The quantitative estimate of drug-likeness (QED) is 0.908. The van der Waals surface area contributed by atoms with E-state index in [0.29, 0.717) is 18.0 Å². The summed E-state index contributed by atoms with van der Waals surface area (Å²) in [4.78, 5) is 16.4. The summed E-state index contributed by atoms with van der Waals surface area (Å²) >= 11 is 7.76. The first kappa shape index (κ1) is 11.5. The number of carbonyl (C=O) groups excluding carboxylic acids is 1. The monoisotopic (exact) mass is 279 g/mol. The third-order valence-electron chi connectivity index (χ3n) is 2.75. The van der Waals surface area contributed by atoms with Gasteiger partial charge < -0.3 is 10.6 Å². The predicted octanol–water partition coefficient (Wildman–Crippen LogP) is 2.90. The molecule has 2 aromatic rings. The van der Waals surface area contributed by atoms with Crippen molar-refractivity contribution < 1.29 is 4.79 Å². The van der Waals surface area contributed by atoms with Crippen LogP contribution in [0.2, 0.25) is 5.02 Å². The first-order valence-electron chi connectivity index (χ1n) is 5.46. The standard InChI is InChI=1S/C12H10ClN3OS/c13-9-3-10-7(2-12(17)16-10)1-11(9)15-5-8-4-14-6-18-8/h1,3-4,6,15H,2,5H2,(H,16,17). The van der Waals surface area contributed by atoms with Crippen molar-refractivity contribution in [3.8, 4) is 0 Å². The molecule has 0 bridgehead atoms. The lowest BCUT2D eigenvalue weighted by Crippen LogP contribution is -2.03. The van der Waals surface area contributed by atoms with Gasteiger partial charge in [-0.3, -0.25) is 9.78 Å². The van der Waals surface area contributed by atoms with Crippen LogP contribution in [-0.2, 0) is 17.8 Å². The molecule has 1 aromatic heterocycles. The van der Waals surface area contributed by atoms with Gasteiger partial charge in [0.15, 0.2) is 0 Å². The Morgan fingerprint density at radius 3 is 3.17 bits per heavy atom. The van der Waals surface area contributed by atoms with Crippen LogP contribution in [0.15, 0.2) is 23.8 Å². The number of halogens is 1. The fraction of sp³-hybridized carbons (Fsp3) is 0.167. The van der Waals surface area contributed by atoms with Crippen LogP contribution in [0.1, 0.15) is 10.4 Å². The van der Waals surface area contributed by atoms with Crippen molar-refractivity contribution >= 4 is 40.2 Å². The van der Waals surface area contributed by atoms with Crippen LogP contribution < -0.4 is 10.6 Å². The maximum atomic E-state index is 11.3. The lowest BCUT2D eigenvalue weighted by atomic mass is 10.1. The molecule has 0 fully saturated rings. The Morgan fingerprint density at radius 1 is 1.50 bits per heavy atom. The van der Waals surface area contributed by atoms with E-state index in [2.05, 4.69) is 15.6 Å². The van der Waals surface area contributed by atoms with Gasteiger partial charge in [-0.25, -0.2) is 0 Å². The zero-order chi connectivity index (χ0) is 12.5. The van der Waals surface area contributed by atoms with Gasteiger partial charge in [-0.1, -0.05) is 11.6 Å². The second-order valence-corrected chi connectivity index (χ2v) is 5.41. The van der Waals surface area contributed by atoms with Crippen LogP contribution in [0.25, 0.3) is 0 Å². The van der Waals surface area contributed by atoms with Crippen LogP contribution in [0.4, 0.5) is 11.4 Å². The van der Waals surface area contributed by atoms with E-state index in [1.165, 1.54) is 0 Å². The normalized spacial score (nSPS) is 13.3. The highest BCUT2D eigenvalue weighted by atomic mass is 35.5. The van der Waals surface area contributed by atoms with E-state index in [4.69, 9.17) is 11.6 Å². The summed E-state index contributed by atoms with van der Waals surface area (Å²) in [5.74, 6) is 0.0145. The number of nitrogens with one attached hydrogen (secondary N) is 2. The molecule has 0 spiro atoms. The maximum Gasteiger partial charge on any atom is 0.228 e. The molecule has 92 valence electrons. The third kappa shape index (κ3) is 2.19. The van der Waals surface area contributed by atoms with Gasteiger partial charge in [0.2, 0.25) is 5.91 Å². The van der Waals surface area contributed by atoms with Crippen molar-refractivity contribution in [1.82, 2.24) is 4.98 Å². The lowest BCUT2D eigenvalue weighted by Gasteiger charge is -2.09. The van der Waals surface area contributed by atoms with E-state index >= 15 is 0 Å². The first-order chi connectivity index (χ1) is 8.72. The number of hydrogen-bond donors (Lipinski definition) is 2. The zero-order valence-corrected chi connectivity index (χ0v) is 10.9. The Labute approximate surface area is 113 Å². The minimum absolute atomic E-state index is 0.0145. The fourth-order valence-corrected chi connectivity index (χ4v) is 2.66. The van der Waals surface area contributed by atoms with Gasteiger partial charge in [-0.2, -0.15) is 0 Å². The van der Waals surface area contributed by atoms with E-state index in [1.54, 1.807) is 22.9 Å². The van der Waals surface area contributed by atoms with Crippen LogP contribution in [0.3, 0.4) is 0 Å². The smallest absolute Gasteiger partial charge is 0.228 e. The highest BCUT2D eigenvalue weighted by molar-refractivity contribution is 7.09. The molecule has 0 saturated carbocycles. The summed E-state index contributed by atoms with van der Waals surface area (Å²) in [6.45, 7) is 0.685. The molecular weight excluding hydrogens is 270 g/mol. The number of hydrogen-bond acceptors (Lipinski definition) is 4. The van der Waals surface area contributed by atoms with Gasteiger partial charge in [-0.15, -0.1) is 11.3 Å². The Hall–Kier alpha value is -1.59. The molecule has 0 atom stereocenters. The van der Waals surface area contributed by atoms with E-state index in [0.717, 1.165) is 21.8 Å². The number of fused-ring (bicyclic) bond motifs is 1. The summed E-state index contributed by atoms with van der Waals surface area (Å²) in [6.07, 6.45) is 2.24. The molecule has 2 N–H and O–H groups in total. The van der Waals surface area contributed by atoms with Crippen molar-refractivity contribution in [2.24, 2.45) is 0 Å². The molecule has 18 heavy (non-hydrogen) atoms. The SMILES string of the molecule is O=C1Cc2cc(NCc3cncs3)c(Cl)cc2N1. The van der Waals surface area contributed by atoms with Crippen LogP contribution in [0, 0.1) is 0 Å². The minimum Gasteiger partial charge on any atom is -0.379 e. The number of benzene rings is 1. The van der Waals surface area contributed by atoms with Gasteiger partial charge in [0.05, 0.1) is 29.2 Å². The van der Waals surface area contributed by atoms with Crippen molar-refractivity contribution in [2.75, 3.05) is 10.6 Å². The molecule has 1 amide bonds. The lowest BCUT2D eigenvalue weighted by molar-refractivity contribution is -0.115. The predicted molar refractivity (Wildman–Crippen MR) is 73.2 cm³/mol. The molecule has 1 aliphatic rings. The molecule has 6 heteroatoms. The second-order valence-electron chi connectivity index (χ2n) is 4.04. The summed E-state index contributed by atoms with van der Waals surface area (Å²) in [5, 5.41) is 6.65. The van der Waals surface area contributed by atoms with Crippen molar-refractivity contribution in [2.45, 2.75) is 13.0 Å². The van der Waals surface area contributed by atoms with Gasteiger partial charge >= 0.3 is 0 Å². The van der Waals surface area contributed by atoms with E-state index < -0.39 is 0 Å². The molecule has 1 aromatic carbocycles. The topological polar surface area (TPSA) is 54.0 Å². The van der Waals surface area contributed by atoms with Crippen molar-refractivity contribution in [1.29, 1.82) is 0 Å². The Kier molecular flexibility index (Phi) is 2.93. The van der Waals surface area contributed by atoms with E-state index in [9.17, 15) is 4.79 Å². The molecule has 4 nitrogen and oxygen atoms in total. The Morgan fingerprint density at radius 2 is 2.39 bits per heavy atom. The van der Waals surface area contributed by atoms with Crippen molar-refractivity contribution in [3.63, 3.8) is 0 Å². The minimum atomic E-state index is 0.0145. The highest BCUT2D eigenvalue weighted by Crippen LogP contribution is 2.33. The highest BCUT2D eigenvalue weighted by Gasteiger charge is 2.19. The Balaban J connectivity index is 1.80. The van der Waals surface area contributed by atoms with Crippen LogP contribution in [-0.4, -0.2) is 10.9 Å². The average molecular weight is 280 g/mol. The third-order valence-corrected chi connectivity index (χ3v) is 3.85. The number of anilines is 2. The van der Waals surface area contributed by atoms with Gasteiger partial charge in [0.1, 0.15) is 0 Å². The van der Waals surface area contributed by atoms with Crippen LogP contribution >= 0.6 is 22.9 Å².